The molecule has 1 aliphatic carbocycles. The highest BCUT2D eigenvalue weighted by molar-refractivity contribution is 5.94. The van der Waals surface area contributed by atoms with Gasteiger partial charge >= 0.3 is 11.9 Å². The van der Waals surface area contributed by atoms with Crippen molar-refractivity contribution in [2.75, 3.05) is 6.67 Å². The molecule has 4 atom stereocenters. The standard InChI is InChI=1S/C57H64F8O6/c1-13-17-39(26-20-33(4)56(9,10)37-22-28-41(29-23-37)68-34(5)14-2)69-35(6)47(60)48(61)44(43(59)32-58)53(66)70-40-19-16-18-36(21-27-40)57(11,12)38-24-30-42(31-25-38)71-54(67)45-49(62)51(64)46(52(65)50(45)63)55(7,8)15-3/h16-31,33-35,40H,13-15,32H2,1-12H3/b26-20-,39-17+,44-43-,48-47-. The summed E-state index contributed by atoms with van der Waals surface area (Å²) in [4.78, 5) is 26.2. The third kappa shape index (κ3) is 13.6. The Morgan fingerprint density at radius 1 is 0.775 bits per heavy atom. The van der Waals surface area contributed by atoms with Gasteiger partial charge in [-0.25, -0.2) is 44.7 Å². The fraction of sp³-hybridized carbons (Fsp3) is 0.404. The first-order valence-electron chi connectivity index (χ1n) is 23.6. The van der Waals surface area contributed by atoms with Gasteiger partial charge in [-0.05, 0) is 115 Å². The monoisotopic (exact) mass is 996 g/mol. The van der Waals surface area contributed by atoms with Crippen LogP contribution in [0.4, 0.5) is 35.1 Å². The molecule has 0 aromatic heterocycles. The molecule has 14 heteroatoms. The summed E-state index contributed by atoms with van der Waals surface area (Å²) in [5, 5.41) is 0. The smallest absolute Gasteiger partial charge is 0.349 e. The lowest BCUT2D eigenvalue weighted by atomic mass is 9.74. The first-order chi connectivity index (χ1) is 33.3. The molecule has 0 saturated carbocycles. The Morgan fingerprint density at radius 3 is 1.90 bits per heavy atom. The predicted molar refractivity (Wildman–Crippen MR) is 261 cm³/mol. The number of alkyl halides is 1. The molecule has 6 nitrogen and oxygen atoms in total. The van der Waals surface area contributed by atoms with Crippen LogP contribution in [0.1, 0.15) is 129 Å². The van der Waals surface area contributed by atoms with Crippen molar-refractivity contribution in [2.45, 2.75) is 137 Å². The van der Waals surface area contributed by atoms with E-state index in [4.69, 9.17) is 18.9 Å². The summed E-state index contributed by atoms with van der Waals surface area (Å²) >= 11 is 0. The molecule has 3 aromatic rings. The van der Waals surface area contributed by atoms with Crippen LogP contribution in [-0.2, 0) is 30.5 Å². The maximum Gasteiger partial charge on any atom is 0.349 e. The maximum atomic E-state index is 15.8. The second-order valence-corrected chi connectivity index (χ2v) is 19.1. The Kier molecular flexibility index (Phi) is 19.6. The number of ether oxygens (including phenoxy) is 4. The highest BCUT2D eigenvalue weighted by Gasteiger charge is 2.37. The molecule has 0 N–H and O–H groups in total. The lowest BCUT2D eigenvalue weighted by molar-refractivity contribution is -0.140. The van der Waals surface area contributed by atoms with E-state index in [-0.39, 0.29) is 35.4 Å². The van der Waals surface area contributed by atoms with Crippen LogP contribution in [0.25, 0.3) is 0 Å². The van der Waals surface area contributed by atoms with Gasteiger partial charge in [-0.2, -0.15) is 0 Å². The summed E-state index contributed by atoms with van der Waals surface area (Å²) in [6.45, 7) is 19.2. The molecular weight excluding hydrogens is 933 g/mol. The van der Waals surface area contributed by atoms with Gasteiger partial charge in [0.15, 0.2) is 41.0 Å². The summed E-state index contributed by atoms with van der Waals surface area (Å²) in [6, 6.07) is 13.5. The minimum atomic E-state index is -1.99. The Hall–Kier alpha value is -6.18. The Labute approximate surface area is 412 Å². The van der Waals surface area contributed by atoms with Crippen LogP contribution >= 0.6 is 0 Å². The number of carbonyl (C=O) groups excluding carboxylic acids is 2. The largest absolute Gasteiger partial charge is 0.491 e. The Bertz CT molecular complexity index is 2590. The van der Waals surface area contributed by atoms with Crippen LogP contribution in [0.15, 0.2) is 132 Å². The van der Waals surface area contributed by atoms with Gasteiger partial charge in [-0.15, -0.1) is 0 Å². The first-order valence-corrected chi connectivity index (χ1v) is 23.6. The number of rotatable bonds is 21. The third-order valence-corrected chi connectivity index (χ3v) is 13.1. The zero-order chi connectivity index (χ0) is 53.2. The molecule has 1 aliphatic rings. The molecule has 0 aliphatic heterocycles. The molecule has 0 saturated heterocycles. The molecule has 384 valence electrons. The van der Waals surface area contributed by atoms with Gasteiger partial charge in [0.1, 0.15) is 47.0 Å². The Morgan fingerprint density at radius 2 is 1.35 bits per heavy atom. The van der Waals surface area contributed by atoms with Crippen molar-refractivity contribution in [3.63, 3.8) is 0 Å². The van der Waals surface area contributed by atoms with Gasteiger partial charge in [0, 0.05) is 11.0 Å². The van der Waals surface area contributed by atoms with Gasteiger partial charge in [-0.3, -0.25) is 0 Å². The number of benzene rings is 3. The van der Waals surface area contributed by atoms with Gasteiger partial charge < -0.3 is 18.9 Å². The molecule has 3 aromatic carbocycles. The van der Waals surface area contributed by atoms with Crippen LogP contribution < -0.4 is 9.47 Å². The average molecular weight is 997 g/mol. The molecule has 0 bridgehead atoms. The molecule has 0 radical (unpaired) electrons. The van der Waals surface area contributed by atoms with Gasteiger partial charge in [-0.1, -0.05) is 118 Å². The van der Waals surface area contributed by atoms with Crippen molar-refractivity contribution in [1.82, 2.24) is 0 Å². The molecule has 0 heterocycles. The quantitative estimate of drug-likeness (QED) is 0.0201. The number of esters is 2. The summed E-state index contributed by atoms with van der Waals surface area (Å²) in [5.74, 6) is -15.4. The van der Waals surface area contributed by atoms with Gasteiger partial charge in [0.05, 0.1) is 6.10 Å². The minimum Gasteiger partial charge on any atom is -0.491 e. The van der Waals surface area contributed by atoms with E-state index in [9.17, 15) is 18.4 Å². The van der Waals surface area contributed by atoms with Crippen molar-refractivity contribution >= 4 is 11.9 Å². The van der Waals surface area contributed by atoms with Crippen LogP contribution in [-0.4, -0.2) is 36.9 Å². The highest BCUT2D eigenvalue weighted by atomic mass is 19.2. The van der Waals surface area contributed by atoms with Gasteiger partial charge in [0.25, 0.3) is 0 Å². The third-order valence-electron chi connectivity index (χ3n) is 13.1. The predicted octanol–water partition coefficient (Wildman–Crippen LogP) is 15.8. The van der Waals surface area contributed by atoms with E-state index in [1.54, 1.807) is 45.1 Å². The van der Waals surface area contributed by atoms with E-state index >= 15 is 26.3 Å². The van der Waals surface area contributed by atoms with Crippen molar-refractivity contribution in [2.24, 2.45) is 5.92 Å². The maximum absolute atomic E-state index is 15.8. The second-order valence-electron chi connectivity index (χ2n) is 19.1. The van der Waals surface area contributed by atoms with Crippen molar-refractivity contribution in [3.8, 4) is 11.5 Å². The van der Waals surface area contributed by atoms with Crippen molar-refractivity contribution in [1.29, 1.82) is 0 Å². The lowest BCUT2D eigenvalue weighted by Crippen LogP contribution is -2.25. The molecule has 0 amide bonds. The van der Waals surface area contributed by atoms with E-state index < -0.39 is 99.1 Å². The summed E-state index contributed by atoms with van der Waals surface area (Å²) in [5.41, 5.74) is -4.18. The van der Waals surface area contributed by atoms with Crippen molar-refractivity contribution in [3.05, 3.63) is 177 Å². The molecule has 71 heavy (non-hydrogen) atoms. The van der Waals surface area contributed by atoms with Crippen LogP contribution in [0.5, 0.6) is 11.5 Å². The summed E-state index contributed by atoms with van der Waals surface area (Å²) in [7, 11) is 0. The number of allylic oxidation sites excluding steroid dienone is 8. The molecule has 4 rings (SSSR count). The zero-order valence-corrected chi connectivity index (χ0v) is 42.3. The van der Waals surface area contributed by atoms with E-state index in [0.29, 0.717) is 17.6 Å². The van der Waals surface area contributed by atoms with Crippen LogP contribution in [0, 0.1) is 29.2 Å². The topological polar surface area (TPSA) is 71.1 Å². The first kappa shape index (κ1) is 57.4. The molecule has 4 unspecified atom stereocenters. The molecule has 0 fully saturated rings. The minimum absolute atomic E-state index is 0.0735. The average Bonchev–Trinajstić information content (AvgIpc) is 3.58. The summed E-state index contributed by atoms with van der Waals surface area (Å²) in [6.07, 6.45) is 11.2. The lowest BCUT2D eigenvalue weighted by Gasteiger charge is -2.31. The van der Waals surface area contributed by atoms with E-state index in [1.165, 1.54) is 56.3 Å². The zero-order valence-electron chi connectivity index (χ0n) is 42.3. The number of halogens is 8. The highest BCUT2D eigenvalue weighted by Crippen LogP contribution is 2.38. The number of carbonyl (C=O) groups is 2. The van der Waals surface area contributed by atoms with Crippen molar-refractivity contribution < 1.29 is 63.7 Å². The fourth-order valence-corrected chi connectivity index (χ4v) is 7.43. The normalized spacial score (nSPS) is 16.6. The SMILES string of the molecule is CC/C=C(\C=C/C(C)C(C)(C)c1ccc(OC(C)CC)cc1)OC(C)/C(F)=C(F)\C(C(=O)OC1C=CC=C(C(C)(C)c2ccc(OC(=O)c3c(F)c(F)c(C(C)(C)CC)c(F)c3F)cc2)C=C1)=C(\F)CF. The van der Waals surface area contributed by atoms with E-state index in [1.807, 2.05) is 58.0 Å². The summed E-state index contributed by atoms with van der Waals surface area (Å²) < 4.78 is 143. The Balaban J connectivity index is 1.46. The number of hydrogen-bond donors (Lipinski definition) is 0. The van der Waals surface area contributed by atoms with E-state index in [0.717, 1.165) is 24.7 Å². The molecular formula is C57H64F8O6. The molecule has 0 spiro atoms. The van der Waals surface area contributed by atoms with Crippen LogP contribution in [0.3, 0.4) is 0 Å². The number of hydrogen-bond acceptors (Lipinski definition) is 6. The van der Waals surface area contributed by atoms with Gasteiger partial charge in [0.2, 0.25) is 0 Å². The van der Waals surface area contributed by atoms with Crippen LogP contribution in [0.2, 0.25) is 0 Å². The van der Waals surface area contributed by atoms with E-state index in [2.05, 4.69) is 13.8 Å². The fourth-order valence-electron chi connectivity index (χ4n) is 7.43. The second kappa shape index (κ2) is 24.3.